The highest BCUT2D eigenvalue weighted by molar-refractivity contribution is 6.03. The Morgan fingerprint density at radius 1 is 1.09 bits per heavy atom. The number of esters is 1. The number of fused-ring (bicyclic) bond motifs is 1. The number of nitrogens with one attached hydrogen (secondary N) is 2. The quantitative estimate of drug-likeness (QED) is 0.559. The van der Waals surface area contributed by atoms with Crippen LogP contribution in [0.1, 0.15) is 55.1 Å². The summed E-state index contributed by atoms with van der Waals surface area (Å²) in [5.74, 6) is -0.484. The molecule has 2 N–H and O–H groups in total. The van der Waals surface area contributed by atoms with E-state index in [1.165, 1.54) is 11.6 Å². The van der Waals surface area contributed by atoms with Crippen LogP contribution in [0, 0.1) is 0 Å². The molecule has 0 aromatic heterocycles. The molecular weight excluding hydrogens is 402 g/mol. The third-order valence-corrected chi connectivity index (χ3v) is 5.79. The Morgan fingerprint density at radius 2 is 1.81 bits per heavy atom. The molecule has 32 heavy (non-hydrogen) atoms. The van der Waals surface area contributed by atoms with Gasteiger partial charge in [-0.15, -0.1) is 0 Å². The van der Waals surface area contributed by atoms with E-state index in [-0.39, 0.29) is 5.91 Å². The second kappa shape index (κ2) is 8.79. The van der Waals surface area contributed by atoms with E-state index in [2.05, 4.69) is 39.8 Å². The zero-order valence-electron chi connectivity index (χ0n) is 19.0. The Labute approximate surface area is 189 Å². The maximum atomic E-state index is 12.9. The molecule has 1 amide bonds. The van der Waals surface area contributed by atoms with Gasteiger partial charge in [0.2, 0.25) is 0 Å². The summed E-state index contributed by atoms with van der Waals surface area (Å²) >= 11 is 0. The molecule has 2 aliphatic rings. The Bertz CT molecular complexity index is 1020. The van der Waals surface area contributed by atoms with Gasteiger partial charge >= 0.3 is 5.97 Å². The van der Waals surface area contributed by atoms with Crippen LogP contribution in [0.3, 0.4) is 0 Å². The van der Waals surface area contributed by atoms with E-state index in [0.29, 0.717) is 5.56 Å². The molecular formula is C26H31N3O3. The fourth-order valence-electron chi connectivity index (χ4n) is 4.22. The minimum atomic E-state index is -0.536. The molecule has 0 bridgehead atoms. The molecule has 6 nitrogen and oxygen atoms in total. The predicted octanol–water partition coefficient (Wildman–Crippen LogP) is 4.19. The Hall–Kier alpha value is -3.12. The Balaban J connectivity index is 1.40. The molecule has 2 heterocycles. The van der Waals surface area contributed by atoms with Crippen molar-refractivity contribution in [3.05, 3.63) is 71.3 Å². The first-order chi connectivity index (χ1) is 15.2. The van der Waals surface area contributed by atoms with E-state index in [9.17, 15) is 9.59 Å². The third-order valence-electron chi connectivity index (χ3n) is 5.79. The number of amides is 1. The third kappa shape index (κ3) is 5.37. The van der Waals surface area contributed by atoms with Crippen molar-refractivity contribution < 1.29 is 14.3 Å². The number of hydrogen-bond acceptors (Lipinski definition) is 5. The second-order valence-electron chi connectivity index (χ2n) is 9.59. The van der Waals surface area contributed by atoms with Crippen LogP contribution in [-0.2, 0) is 16.1 Å². The molecule has 2 aromatic carbocycles. The van der Waals surface area contributed by atoms with Crippen molar-refractivity contribution >= 4 is 23.6 Å². The first kappa shape index (κ1) is 22.1. The van der Waals surface area contributed by atoms with E-state index in [0.717, 1.165) is 43.7 Å². The van der Waals surface area contributed by atoms with Crippen molar-refractivity contribution in [3.8, 4) is 0 Å². The summed E-state index contributed by atoms with van der Waals surface area (Å²) in [7, 11) is 0. The summed E-state index contributed by atoms with van der Waals surface area (Å²) in [6, 6.07) is 16.1. The van der Waals surface area contributed by atoms with E-state index >= 15 is 0 Å². The van der Waals surface area contributed by atoms with Crippen LogP contribution in [0.4, 0.5) is 5.69 Å². The molecule has 2 aliphatic heterocycles. The predicted molar refractivity (Wildman–Crippen MR) is 126 cm³/mol. The van der Waals surface area contributed by atoms with Crippen LogP contribution < -0.4 is 10.6 Å². The fourth-order valence-corrected chi connectivity index (χ4v) is 4.22. The summed E-state index contributed by atoms with van der Waals surface area (Å²) in [5.41, 5.74) is 2.56. The molecule has 6 heteroatoms. The molecule has 4 rings (SSSR count). The summed E-state index contributed by atoms with van der Waals surface area (Å²) in [4.78, 5) is 27.3. The Morgan fingerprint density at radius 3 is 2.50 bits per heavy atom. The van der Waals surface area contributed by atoms with Gasteiger partial charge in [0, 0.05) is 44.2 Å². The standard InChI is InChI=1S/C26H31N3O3/c1-25(2,3)32-23(30)12-10-19-9-11-22-21(17-19)24(31)28-26(27-22)13-15-29(16-14-26)18-20-7-5-4-6-8-20/h4-12,17,27H,13-16,18H2,1-3H3,(H,28,31)/b12-10+. The number of ether oxygens (including phenoxy) is 1. The van der Waals surface area contributed by atoms with E-state index in [4.69, 9.17) is 4.74 Å². The van der Waals surface area contributed by atoms with Crippen LogP contribution in [0.25, 0.3) is 6.08 Å². The van der Waals surface area contributed by atoms with Crippen LogP contribution in [-0.4, -0.2) is 41.1 Å². The van der Waals surface area contributed by atoms with Crippen molar-refractivity contribution in [2.75, 3.05) is 18.4 Å². The maximum Gasteiger partial charge on any atom is 0.331 e. The lowest BCUT2D eigenvalue weighted by molar-refractivity contribution is -0.148. The summed E-state index contributed by atoms with van der Waals surface area (Å²) < 4.78 is 5.29. The van der Waals surface area contributed by atoms with Crippen molar-refractivity contribution in [2.24, 2.45) is 0 Å². The zero-order valence-corrected chi connectivity index (χ0v) is 19.0. The molecule has 1 fully saturated rings. The van der Waals surface area contributed by atoms with Gasteiger partial charge in [0.05, 0.1) is 5.56 Å². The van der Waals surface area contributed by atoms with Gasteiger partial charge in [-0.25, -0.2) is 4.79 Å². The number of carbonyl (C=O) groups excluding carboxylic acids is 2. The van der Waals surface area contributed by atoms with Gasteiger partial charge in [0.1, 0.15) is 11.3 Å². The average molecular weight is 434 g/mol. The van der Waals surface area contributed by atoms with E-state index in [1.54, 1.807) is 12.1 Å². The van der Waals surface area contributed by atoms with Crippen LogP contribution in [0.15, 0.2) is 54.6 Å². The molecule has 0 unspecified atom stereocenters. The van der Waals surface area contributed by atoms with Gasteiger partial charge < -0.3 is 15.4 Å². The molecule has 168 valence electrons. The molecule has 0 radical (unpaired) electrons. The average Bonchev–Trinajstić information content (AvgIpc) is 2.74. The molecule has 2 aromatic rings. The van der Waals surface area contributed by atoms with Crippen LogP contribution in [0.2, 0.25) is 0 Å². The highest BCUT2D eigenvalue weighted by Crippen LogP contribution is 2.32. The van der Waals surface area contributed by atoms with Gasteiger partial charge in [-0.1, -0.05) is 36.4 Å². The van der Waals surface area contributed by atoms with Crippen LogP contribution in [0.5, 0.6) is 0 Å². The number of anilines is 1. The van der Waals surface area contributed by atoms with Gasteiger partial charge in [-0.2, -0.15) is 0 Å². The summed E-state index contributed by atoms with van der Waals surface area (Å²) in [5, 5.41) is 6.78. The number of carbonyl (C=O) groups is 2. The number of likely N-dealkylation sites (tertiary alicyclic amines) is 1. The fraction of sp³-hybridized carbons (Fsp3) is 0.385. The number of hydrogen-bond donors (Lipinski definition) is 2. The zero-order chi connectivity index (χ0) is 22.8. The lowest BCUT2D eigenvalue weighted by atomic mass is 9.91. The van der Waals surface area contributed by atoms with Crippen LogP contribution >= 0.6 is 0 Å². The first-order valence-electron chi connectivity index (χ1n) is 11.1. The van der Waals surface area contributed by atoms with E-state index < -0.39 is 17.2 Å². The van der Waals surface area contributed by atoms with Crippen molar-refractivity contribution in [2.45, 2.75) is 51.4 Å². The van der Waals surface area contributed by atoms with Gasteiger partial charge in [-0.3, -0.25) is 9.69 Å². The molecule has 1 saturated heterocycles. The number of piperidine rings is 1. The number of benzene rings is 2. The summed E-state index contributed by atoms with van der Waals surface area (Å²) in [6.45, 7) is 8.23. The topological polar surface area (TPSA) is 70.7 Å². The highest BCUT2D eigenvalue weighted by atomic mass is 16.6. The number of rotatable bonds is 4. The SMILES string of the molecule is CC(C)(C)OC(=O)/C=C/c1ccc2c(c1)C(=O)NC1(CCN(Cc3ccccc3)CC1)N2. The summed E-state index contributed by atoms with van der Waals surface area (Å²) in [6.07, 6.45) is 4.75. The van der Waals surface area contributed by atoms with Crippen molar-refractivity contribution in [1.29, 1.82) is 0 Å². The smallest absolute Gasteiger partial charge is 0.331 e. The molecule has 0 saturated carbocycles. The van der Waals surface area contributed by atoms with Gasteiger partial charge in [-0.05, 0) is 50.1 Å². The van der Waals surface area contributed by atoms with Gasteiger partial charge in [0.25, 0.3) is 5.91 Å². The highest BCUT2D eigenvalue weighted by Gasteiger charge is 2.40. The van der Waals surface area contributed by atoms with Crippen molar-refractivity contribution in [1.82, 2.24) is 10.2 Å². The lowest BCUT2D eigenvalue weighted by Crippen LogP contribution is -2.62. The monoisotopic (exact) mass is 433 g/mol. The Kier molecular flexibility index (Phi) is 6.07. The maximum absolute atomic E-state index is 12.9. The van der Waals surface area contributed by atoms with E-state index in [1.807, 2.05) is 39.0 Å². The normalized spacial score (nSPS) is 18.2. The largest absolute Gasteiger partial charge is 0.457 e. The minimum absolute atomic E-state index is 0.0808. The second-order valence-corrected chi connectivity index (χ2v) is 9.59. The number of nitrogens with zero attached hydrogens (tertiary/aromatic N) is 1. The minimum Gasteiger partial charge on any atom is -0.457 e. The lowest BCUT2D eigenvalue weighted by Gasteiger charge is -2.46. The first-order valence-corrected chi connectivity index (χ1v) is 11.1. The molecule has 1 spiro atoms. The molecule has 0 atom stereocenters. The van der Waals surface area contributed by atoms with Crippen molar-refractivity contribution in [3.63, 3.8) is 0 Å². The van der Waals surface area contributed by atoms with Gasteiger partial charge in [0.15, 0.2) is 0 Å². The molecule has 0 aliphatic carbocycles.